The van der Waals surface area contributed by atoms with Crippen molar-refractivity contribution in [2.45, 2.75) is 18.3 Å². The quantitative estimate of drug-likeness (QED) is 0.805. The number of hydrogen-bond donors (Lipinski definition) is 1. The number of aromatic nitrogens is 3. The van der Waals surface area contributed by atoms with Crippen LogP contribution < -0.4 is 5.32 Å². The molecule has 3 aromatic rings. The van der Waals surface area contributed by atoms with Crippen molar-refractivity contribution in [2.24, 2.45) is 7.05 Å². The molecule has 2 heterocycles. The standard InChI is InChI=1S/C18H18N4O/c1-22-12-21-15-10-19-9-14(16(15)22)17(23)20-11-18(7-8-18)13-5-3-2-4-6-13/h2-6,9-10,12H,7-8,11H2,1H3,(H,20,23). The summed E-state index contributed by atoms with van der Waals surface area (Å²) in [4.78, 5) is 21.0. The molecule has 5 heteroatoms. The average molecular weight is 306 g/mol. The Morgan fingerprint density at radius 1 is 1.26 bits per heavy atom. The summed E-state index contributed by atoms with van der Waals surface area (Å²) in [5.74, 6) is -0.0890. The van der Waals surface area contributed by atoms with Gasteiger partial charge in [-0.15, -0.1) is 0 Å². The van der Waals surface area contributed by atoms with Crippen LogP contribution in [0, 0.1) is 0 Å². The smallest absolute Gasteiger partial charge is 0.255 e. The maximum atomic E-state index is 12.6. The topological polar surface area (TPSA) is 59.8 Å². The van der Waals surface area contributed by atoms with E-state index in [1.165, 1.54) is 5.56 Å². The maximum absolute atomic E-state index is 12.6. The van der Waals surface area contributed by atoms with E-state index in [-0.39, 0.29) is 11.3 Å². The zero-order valence-electron chi connectivity index (χ0n) is 13.0. The molecule has 1 fully saturated rings. The molecular formula is C18H18N4O. The van der Waals surface area contributed by atoms with E-state index in [0.717, 1.165) is 23.9 Å². The van der Waals surface area contributed by atoms with Crippen molar-refractivity contribution in [1.29, 1.82) is 0 Å². The molecule has 1 aromatic carbocycles. The summed E-state index contributed by atoms with van der Waals surface area (Å²) < 4.78 is 1.86. The zero-order chi connectivity index (χ0) is 15.9. The number of pyridine rings is 1. The molecule has 0 atom stereocenters. The maximum Gasteiger partial charge on any atom is 0.255 e. The lowest BCUT2D eigenvalue weighted by Gasteiger charge is -2.16. The fourth-order valence-electron chi connectivity index (χ4n) is 3.14. The van der Waals surface area contributed by atoms with E-state index in [1.54, 1.807) is 18.7 Å². The van der Waals surface area contributed by atoms with E-state index in [9.17, 15) is 4.79 Å². The molecule has 1 aliphatic rings. The number of rotatable bonds is 4. The van der Waals surface area contributed by atoms with Gasteiger partial charge in [-0.25, -0.2) is 4.98 Å². The summed E-state index contributed by atoms with van der Waals surface area (Å²) in [6.07, 6.45) is 7.23. The van der Waals surface area contributed by atoms with Crippen molar-refractivity contribution in [2.75, 3.05) is 6.54 Å². The Morgan fingerprint density at radius 3 is 2.78 bits per heavy atom. The minimum absolute atomic E-state index is 0.0890. The molecule has 5 nitrogen and oxygen atoms in total. The van der Waals surface area contributed by atoms with Crippen LogP contribution in [0.3, 0.4) is 0 Å². The van der Waals surface area contributed by atoms with Crippen LogP contribution in [0.15, 0.2) is 49.1 Å². The number of nitrogens with zero attached hydrogens (tertiary/aromatic N) is 3. The van der Waals surface area contributed by atoms with Crippen molar-refractivity contribution in [1.82, 2.24) is 19.9 Å². The summed E-state index contributed by atoms with van der Waals surface area (Å²) in [6.45, 7) is 0.657. The fraction of sp³-hybridized carbons (Fsp3) is 0.278. The highest BCUT2D eigenvalue weighted by atomic mass is 16.1. The lowest BCUT2D eigenvalue weighted by Crippen LogP contribution is -2.32. The van der Waals surface area contributed by atoms with Gasteiger partial charge in [0.05, 0.1) is 23.6 Å². The predicted molar refractivity (Wildman–Crippen MR) is 88.2 cm³/mol. The predicted octanol–water partition coefficient (Wildman–Crippen LogP) is 2.43. The number of hydrogen-bond acceptors (Lipinski definition) is 3. The number of fused-ring (bicyclic) bond motifs is 1. The molecular weight excluding hydrogens is 288 g/mol. The van der Waals surface area contributed by atoms with E-state index in [1.807, 2.05) is 17.7 Å². The van der Waals surface area contributed by atoms with E-state index >= 15 is 0 Å². The van der Waals surface area contributed by atoms with Gasteiger partial charge < -0.3 is 9.88 Å². The molecule has 0 unspecified atom stereocenters. The Balaban J connectivity index is 1.56. The Hall–Kier alpha value is -2.69. The lowest BCUT2D eigenvalue weighted by molar-refractivity contribution is 0.0950. The van der Waals surface area contributed by atoms with Crippen molar-refractivity contribution in [3.05, 3.63) is 60.2 Å². The fourth-order valence-corrected chi connectivity index (χ4v) is 3.14. The first-order chi connectivity index (χ1) is 11.2. The van der Waals surface area contributed by atoms with E-state index in [0.29, 0.717) is 12.1 Å². The zero-order valence-corrected chi connectivity index (χ0v) is 13.0. The van der Waals surface area contributed by atoms with Gasteiger partial charge in [0, 0.05) is 25.2 Å². The number of benzene rings is 1. The number of carbonyl (C=O) groups is 1. The van der Waals surface area contributed by atoms with Crippen LogP contribution in [0.4, 0.5) is 0 Å². The van der Waals surface area contributed by atoms with Gasteiger partial charge in [0.15, 0.2) is 0 Å². The van der Waals surface area contributed by atoms with Gasteiger partial charge in [-0.2, -0.15) is 0 Å². The number of aryl methyl sites for hydroxylation is 1. The molecule has 0 bridgehead atoms. The minimum Gasteiger partial charge on any atom is -0.351 e. The summed E-state index contributed by atoms with van der Waals surface area (Å²) in [7, 11) is 1.89. The van der Waals surface area contributed by atoms with Crippen LogP contribution in [0.1, 0.15) is 28.8 Å². The molecule has 1 aliphatic carbocycles. The van der Waals surface area contributed by atoms with Crippen LogP contribution in [-0.2, 0) is 12.5 Å². The van der Waals surface area contributed by atoms with E-state index in [4.69, 9.17) is 0 Å². The molecule has 1 saturated carbocycles. The van der Waals surface area contributed by atoms with Crippen LogP contribution in [0.2, 0.25) is 0 Å². The Labute approximate surface area is 134 Å². The number of nitrogens with one attached hydrogen (secondary N) is 1. The molecule has 23 heavy (non-hydrogen) atoms. The van der Waals surface area contributed by atoms with Gasteiger partial charge in [0.25, 0.3) is 5.91 Å². The molecule has 0 aliphatic heterocycles. The molecule has 4 rings (SSSR count). The van der Waals surface area contributed by atoms with Crippen molar-refractivity contribution >= 4 is 16.9 Å². The van der Waals surface area contributed by atoms with Gasteiger partial charge in [-0.1, -0.05) is 30.3 Å². The first-order valence-electron chi connectivity index (χ1n) is 7.78. The van der Waals surface area contributed by atoms with Crippen molar-refractivity contribution in [3.8, 4) is 0 Å². The number of amides is 1. The molecule has 0 spiro atoms. The molecule has 116 valence electrons. The molecule has 2 aromatic heterocycles. The van der Waals surface area contributed by atoms with Crippen LogP contribution in [0.25, 0.3) is 11.0 Å². The van der Waals surface area contributed by atoms with E-state index in [2.05, 4.69) is 39.6 Å². The van der Waals surface area contributed by atoms with Crippen LogP contribution >= 0.6 is 0 Å². The summed E-state index contributed by atoms with van der Waals surface area (Å²) in [5, 5.41) is 3.09. The molecule has 1 amide bonds. The Morgan fingerprint density at radius 2 is 2.04 bits per heavy atom. The highest BCUT2D eigenvalue weighted by Crippen LogP contribution is 2.47. The van der Waals surface area contributed by atoms with Gasteiger partial charge >= 0.3 is 0 Å². The number of imidazole rings is 1. The largest absolute Gasteiger partial charge is 0.351 e. The second-order valence-electron chi connectivity index (χ2n) is 6.24. The summed E-state index contributed by atoms with van der Waals surface area (Å²) in [6, 6.07) is 10.4. The second kappa shape index (κ2) is 5.19. The molecule has 0 saturated heterocycles. The third kappa shape index (κ3) is 2.38. The minimum atomic E-state index is -0.0890. The van der Waals surface area contributed by atoms with Gasteiger partial charge in [-0.3, -0.25) is 9.78 Å². The number of carbonyl (C=O) groups excluding carboxylic acids is 1. The van der Waals surface area contributed by atoms with Gasteiger partial charge in [0.1, 0.15) is 5.52 Å². The Kier molecular flexibility index (Phi) is 3.15. The van der Waals surface area contributed by atoms with Gasteiger partial charge in [0.2, 0.25) is 0 Å². The van der Waals surface area contributed by atoms with Gasteiger partial charge in [-0.05, 0) is 18.4 Å². The molecule has 1 N–H and O–H groups in total. The van der Waals surface area contributed by atoms with Crippen molar-refractivity contribution in [3.63, 3.8) is 0 Å². The second-order valence-corrected chi connectivity index (χ2v) is 6.24. The summed E-state index contributed by atoms with van der Waals surface area (Å²) in [5.41, 5.74) is 3.54. The summed E-state index contributed by atoms with van der Waals surface area (Å²) >= 11 is 0. The monoisotopic (exact) mass is 306 g/mol. The van der Waals surface area contributed by atoms with Crippen LogP contribution in [-0.4, -0.2) is 27.0 Å². The Bertz CT molecular complexity index is 865. The van der Waals surface area contributed by atoms with E-state index < -0.39 is 0 Å². The highest BCUT2D eigenvalue weighted by Gasteiger charge is 2.44. The first kappa shape index (κ1) is 13.9. The average Bonchev–Trinajstić information content (AvgIpc) is 3.30. The van der Waals surface area contributed by atoms with Crippen LogP contribution in [0.5, 0.6) is 0 Å². The highest BCUT2D eigenvalue weighted by molar-refractivity contribution is 6.04. The third-order valence-electron chi connectivity index (χ3n) is 4.69. The normalized spacial score (nSPS) is 15.5. The third-order valence-corrected chi connectivity index (χ3v) is 4.69. The lowest BCUT2D eigenvalue weighted by atomic mass is 9.96. The molecule has 0 radical (unpaired) electrons. The SMILES string of the molecule is Cn1cnc2cncc(C(=O)NCC3(c4ccccc4)CC3)c21. The first-order valence-corrected chi connectivity index (χ1v) is 7.78. The van der Waals surface area contributed by atoms with Crippen molar-refractivity contribution < 1.29 is 4.79 Å².